The van der Waals surface area contributed by atoms with Crippen molar-refractivity contribution in [2.24, 2.45) is 5.92 Å². The molecule has 0 aromatic carbocycles. The van der Waals surface area contributed by atoms with Gasteiger partial charge in [-0.3, -0.25) is 29.4 Å². The predicted molar refractivity (Wildman–Crippen MR) is 255 cm³/mol. The van der Waals surface area contributed by atoms with E-state index in [9.17, 15) is 78.9 Å². The molecule has 2 fully saturated rings. The second kappa shape index (κ2) is 26.4. The fraction of sp³-hybridized carbons (Fsp3) is 0.698. The summed E-state index contributed by atoms with van der Waals surface area (Å²) >= 11 is 6.90. The monoisotopic (exact) mass is 1100 g/mol. The molecule has 3 rings (SSSR count). The number of carboxylic acids is 3. The summed E-state index contributed by atoms with van der Waals surface area (Å²) in [7, 11) is 1.20. The van der Waals surface area contributed by atoms with Gasteiger partial charge in [0.15, 0.2) is 29.4 Å². The summed E-state index contributed by atoms with van der Waals surface area (Å²) in [5.41, 5.74) is -7.85. The Morgan fingerprint density at radius 2 is 1.47 bits per heavy atom. The van der Waals surface area contributed by atoms with Crippen molar-refractivity contribution >= 4 is 99.2 Å². The number of ketones is 1. The lowest BCUT2D eigenvalue weighted by Gasteiger charge is -2.52. The van der Waals surface area contributed by atoms with Crippen molar-refractivity contribution in [1.82, 2.24) is 16.0 Å². The van der Waals surface area contributed by atoms with Crippen molar-refractivity contribution in [2.75, 3.05) is 25.2 Å². The molecular formula is C43H62N4O23S3. The number of ether oxygens (including phenoxy) is 7. The summed E-state index contributed by atoms with van der Waals surface area (Å²) in [6.45, 7) is 9.44. The maximum atomic E-state index is 14.7. The van der Waals surface area contributed by atoms with Crippen molar-refractivity contribution < 1.29 is 112 Å². The predicted octanol–water partition coefficient (Wildman–Crippen LogP) is -1.66. The number of hydrogen-bond acceptors (Lipinski definition) is 24. The lowest BCUT2D eigenvalue weighted by atomic mass is 9.74. The molecule has 2 aliphatic heterocycles. The first kappa shape index (κ1) is 62.2. The Morgan fingerprint density at radius 1 is 0.890 bits per heavy atom. The molecule has 73 heavy (non-hydrogen) atoms. The molecule has 15 atom stereocenters. The van der Waals surface area contributed by atoms with Gasteiger partial charge in [-0.25, -0.2) is 19.2 Å². The zero-order valence-corrected chi connectivity index (χ0v) is 43.5. The number of aliphatic carboxylic acids is 3. The SMILES string of the molecule is CO[C@H]1CC(O[C@@H]2[C@H](OC(=O)C(NC(=S)SC[C@H](NC(C)=O)C(=O)O)C(C)SC[C@H](NC(C)=O)C(=O)O)[C@@H](COC(C)=O)OC([C@@]3(O)CC(=O)C(=N)C(C(=O)O)=C3O)[C@@H]2O)O[C@@H](C)[C@]1(O)[C@H](C)OC(=O)C(C)C. The second-order valence-corrected chi connectivity index (χ2v) is 20.7. The van der Waals surface area contributed by atoms with E-state index < -0.39 is 186 Å². The number of Topliss-reactive ketones (excluding diaryl/α,β-unsaturated/α-hetero) is 1. The van der Waals surface area contributed by atoms with E-state index in [0.29, 0.717) is 11.8 Å². The van der Waals surface area contributed by atoms with Gasteiger partial charge in [0.2, 0.25) is 11.8 Å². The molecule has 0 bridgehead atoms. The number of aliphatic hydroxyl groups excluding tert-OH is 2. The van der Waals surface area contributed by atoms with Gasteiger partial charge in [-0.05, 0) is 13.8 Å². The standard InChI is InChI=1S/C43H62N4O23S3/c1-15(2)39(60)67-18(5)43(63)17(4)66-27(10-26(43)64-9)69-33-31(52)35(42(62)11-24(51)29(44)28(34(42)53)38(58)59)68-25(12-65-21(8)50)32(33)70-40(61)30(16(3)72-13-22(36(54)55)45-19(6)48)47-41(71)73-14-23(37(56)57)46-20(7)49/h15-18,22-23,25-27,30-33,35,44,52-53,62-63H,10-14H2,1-9H3,(H,45,48)(H,46,49)(H,47,71)(H,54,55)(H,56,57)(H,58,59)/t16?,17-,18-,22-,23-,25+,26-,27?,30?,31+,32+,33-,35?,42+,43-/m0/s1. The van der Waals surface area contributed by atoms with E-state index in [4.69, 9.17) is 50.8 Å². The van der Waals surface area contributed by atoms with Gasteiger partial charge < -0.3 is 84.9 Å². The van der Waals surface area contributed by atoms with Gasteiger partial charge in [-0.15, -0.1) is 0 Å². The van der Waals surface area contributed by atoms with Gasteiger partial charge in [-0.1, -0.05) is 44.8 Å². The average Bonchev–Trinajstić information content (AvgIpc) is 3.28. The Labute approximate surface area is 431 Å². The fourth-order valence-corrected chi connectivity index (χ4v) is 10.1. The number of hydrogen-bond donors (Lipinski definition) is 11. The number of carbonyl (C=O) groups excluding carboxylic acids is 6. The van der Waals surface area contributed by atoms with Crippen LogP contribution in [0.5, 0.6) is 0 Å². The first-order valence-electron chi connectivity index (χ1n) is 22.3. The Kier molecular flexibility index (Phi) is 22.5. The third-order valence-electron chi connectivity index (χ3n) is 11.8. The number of carboxylic acid groups (broad SMARTS) is 3. The van der Waals surface area contributed by atoms with E-state index in [1.165, 1.54) is 27.9 Å². The molecule has 2 saturated heterocycles. The van der Waals surface area contributed by atoms with Crippen LogP contribution < -0.4 is 16.0 Å². The van der Waals surface area contributed by atoms with Crippen molar-refractivity contribution in [2.45, 2.75) is 158 Å². The molecule has 4 unspecified atom stereocenters. The third kappa shape index (κ3) is 15.5. The molecule has 0 saturated carbocycles. The molecule has 0 aromatic heterocycles. The third-order valence-corrected chi connectivity index (χ3v) is 14.5. The molecule has 1 aliphatic carbocycles. The minimum atomic E-state index is -3.19. The number of aliphatic hydroxyl groups is 4. The number of amides is 2. The molecule has 3 aliphatic rings. The van der Waals surface area contributed by atoms with Crippen molar-refractivity contribution in [3.63, 3.8) is 0 Å². The second-order valence-electron chi connectivity index (χ2n) is 17.5. The number of nitrogens with one attached hydrogen (secondary N) is 4. The zero-order valence-electron chi connectivity index (χ0n) is 41.0. The number of methoxy groups -OCH3 is 1. The van der Waals surface area contributed by atoms with E-state index in [1.54, 1.807) is 13.8 Å². The summed E-state index contributed by atoms with van der Waals surface area (Å²) in [4.78, 5) is 112. The Balaban J connectivity index is 2.23. The normalized spacial score (nSPS) is 29.4. The van der Waals surface area contributed by atoms with Gasteiger partial charge in [0.25, 0.3) is 0 Å². The molecule has 0 radical (unpaired) electrons. The van der Waals surface area contributed by atoms with E-state index in [1.807, 2.05) is 0 Å². The Morgan fingerprint density at radius 3 is 1.97 bits per heavy atom. The molecule has 27 nitrogen and oxygen atoms in total. The van der Waals surface area contributed by atoms with Crippen molar-refractivity contribution in [1.29, 1.82) is 5.41 Å². The molecule has 2 amide bonds. The van der Waals surface area contributed by atoms with Gasteiger partial charge in [0.1, 0.15) is 76.6 Å². The van der Waals surface area contributed by atoms with Crippen LogP contribution in [0, 0.1) is 11.3 Å². The summed E-state index contributed by atoms with van der Waals surface area (Å²) in [5.74, 6) is -13.5. The van der Waals surface area contributed by atoms with Crippen LogP contribution in [0.3, 0.4) is 0 Å². The first-order chi connectivity index (χ1) is 33.8. The van der Waals surface area contributed by atoms with Crippen molar-refractivity contribution in [3.8, 4) is 0 Å². The quantitative estimate of drug-likeness (QED) is 0.0310. The molecular weight excluding hydrogens is 1040 g/mol. The van der Waals surface area contributed by atoms with Crippen LogP contribution in [0.2, 0.25) is 0 Å². The van der Waals surface area contributed by atoms with Crippen LogP contribution in [0.15, 0.2) is 11.3 Å². The number of thioether (sulfide) groups is 2. The Bertz CT molecular complexity index is 2180. The maximum absolute atomic E-state index is 14.7. The molecule has 11 N–H and O–H groups in total. The lowest BCUT2D eigenvalue weighted by molar-refractivity contribution is -0.345. The minimum absolute atomic E-state index is 0.269. The van der Waals surface area contributed by atoms with Crippen LogP contribution in [0.4, 0.5) is 0 Å². The fourth-order valence-electron chi connectivity index (χ4n) is 7.94. The number of carbonyl (C=O) groups is 9. The highest BCUT2D eigenvalue weighted by Crippen LogP contribution is 2.42. The van der Waals surface area contributed by atoms with E-state index in [0.717, 1.165) is 32.5 Å². The average molecular weight is 1100 g/mol. The minimum Gasteiger partial charge on any atom is -0.508 e. The number of thiocarbonyl (C=S) groups is 1. The molecule has 0 spiro atoms. The van der Waals surface area contributed by atoms with Crippen LogP contribution >= 0.6 is 35.7 Å². The summed E-state index contributed by atoms with van der Waals surface area (Å²) in [6.07, 6.45) is -18.1. The van der Waals surface area contributed by atoms with E-state index in [-0.39, 0.29) is 15.8 Å². The highest BCUT2D eigenvalue weighted by Gasteiger charge is 2.62. The van der Waals surface area contributed by atoms with Crippen LogP contribution in [0.25, 0.3) is 0 Å². The highest BCUT2D eigenvalue weighted by atomic mass is 32.2. The molecule has 410 valence electrons. The van der Waals surface area contributed by atoms with Crippen LogP contribution in [-0.2, 0) is 76.3 Å². The lowest BCUT2D eigenvalue weighted by Crippen LogP contribution is -2.70. The number of esters is 3. The van der Waals surface area contributed by atoms with E-state index >= 15 is 0 Å². The maximum Gasteiger partial charge on any atom is 0.341 e. The summed E-state index contributed by atoms with van der Waals surface area (Å²) in [5, 5.41) is 91.2. The van der Waals surface area contributed by atoms with Crippen LogP contribution in [0.1, 0.15) is 68.2 Å². The highest BCUT2D eigenvalue weighted by molar-refractivity contribution is 8.23. The van der Waals surface area contributed by atoms with Gasteiger partial charge in [-0.2, -0.15) is 11.8 Å². The van der Waals surface area contributed by atoms with Crippen molar-refractivity contribution in [3.05, 3.63) is 11.3 Å². The largest absolute Gasteiger partial charge is 0.508 e. The number of rotatable bonds is 23. The van der Waals surface area contributed by atoms with Gasteiger partial charge in [0.05, 0.1) is 24.5 Å². The Hall–Kier alpha value is -5.05. The molecule has 2 heterocycles. The zero-order chi connectivity index (χ0) is 55.6. The van der Waals surface area contributed by atoms with Crippen LogP contribution in [-0.4, -0.2) is 214 Å². The van der Waals surface area contributed by atoms with Gasteiger partial charge in [0, 0.05) is 51.1 Å². The molecule has 0 aromatic rings. The summed E-state index contributed by atoms with van der Waals surface area (Å²) in [6, 6.07) is -4.65. The van der Waals surface area contributed by atoms with Gasteiger partial charge >= 0.3 is 35.8 Å². The summed E-state index contributed by atoms with van der Waals surface area (Å²) < 4.78 is 40.6. The van der Waals surface area contributed by atoms with E-state index in [2.05, 4.69) is 16.0 Å². The first-order valence-corrected chi connectivity index (χ1v) is 24.8. The topological polar surface area (TPSA) is 420 Å². The molecule has 30 heteroatoms. The smallest absolute Gasteiger partial charge is 0.341 e.